The molecule has 2 rings (SSSR count). The highest BCUT2D eigenvalue weighted by molar-refractivity contribution is 8.29. The molecule has 0 saturated carbocycles. The second kappa shape index (κ2) is 12.7. The minimum Gasteiger partial charge on any atom is -0.465 e. The van der Waals surface area contributed by atoms with Crippen LogP contribution < -0.4 is 0 Å². The van der Waals surface area contributed by atoms with Gasteiger partial charge in [0.15, 0.2) is 0 Å². The molecule has 0 aliphatic carbocycles. The van der Waals surface area contributed by atoms with Crippen LogP contribution in [-0.2, 0) is 38.1 Å². The lowest BCUT2D eigenvalue weighted by molar-refractivity contribution is -0.138. The third-order valence-electron chi connectivity index (χ3n) is 3.50. The maximum atomic E-state index is 11.9. The van der Waals surface area contributed by atoms with E-state index in [0.717, 1.165) is 47.0 Å². The minimum absolute atomic E-state index is 0.190. The van der Waals surface area contributed by atoms with Crippen molar-refractivity contribution >= 4 is 70.9 Å². The van der Waals surface area contributed by atoms with Gasteiger partial charge < -0.3 is 18.9 Å². The second-order valence-corrected chi connectivity index (χ2v) is 10.2. The Labute approximate surface area is 201 Å². The molecule has 12 heteroatoms. The molecular formula is C20H18O8S4. The summed E-state index contributed by atoms with van der Waals surface area (Å²) in [5.41, 5.74) is 0. The van der Waals surface area contributed by atoms with Gasteiger partial charge in [-0.1, -0.05) is 71.4 Å². The van der Waals surface area contributed by atoms with Gasteiger partial charge in [-0.25, -0.2) is 19.2 Å². The molecule has 170 valence electrons. The summed E-state index contributed by atoms with van der Waals surface area (Å²) in [5.74, 6) is -2.39. The van der Waals surface area contributed by atoms with E-state index in [-0.39, 0.29) is 19.6 Å². The van der Waals surface area contributed by atoms with Crippen molar-refractivity contribution in [1.29, 1.82) is 0 Å². The number of esters is 4. The average Bonchev–Trinajstić information content (AvgIpc) is 3.44. The third-order valence-corrected chi connectivity index (χ3v) is 8.41. The molecule has 2 aliphatic rings. The van der Waals surface area contributed by atoms with Gasteiger partial charge in [-0.2, -0.15) is 0 Å². The zero-order valence-corrected chi connectivity index (χ0v) is 20.6. The summed E-state index contributed by atoms with van der Waals surface area (Å²) < 4.78 is 20.2. The van der Waals surface area contributed by atoms with Gasteiger partial charge in [0.05, 0.1) is 36.9 Å². The highest BCUT2D eigenvalue weighted by Gasteiger charge is 2.32. The summed E-state index contributed by atoms with van der Waals surface area (Å²) in [4.78, 5) is 48.2. The standard InChI is InChI=1S/C20H18O8S4/c1-25-17(21)13-14(18(22)26-2)30-11(29-13)9-7-5-6-8-10-12-31-15(19(23)27-3)16(32-12)20(24)28-4/h5-10H,1-4H3/b7-5+,8-6+. The van der Waals surface area contributed by atoms with Crippen LogP contribution in [0.15, 0.2) is 64.6 Å². The van der Waals surface area contributed by atoms with Gasteiger partial charge in [0.1, 0.15) is 19.6 Å². The molecule has 2 heterocycles. The Morgan fingerprint density at radius 2 is 0.750 bits per heavy atom. The molecule has 0 N–H and O–H groups in total. The van der Waals surface area contributed by atoms with Crippen LogP contribution in [0.5, 0.6) is 0 Å². The fraction of sp³-hybridized carbons (Fsp3) is 0.200. The monoisotopic (exact) mass is 514 g/mol. The predicted octanol–water partition coefficient (Wildman–Crippen LogP) is 3.86. The van der Waals surface area contributed by atoms with Gasteiger partial charge in [0.25, 0.3) is 0 Å². The smallest absolute Gasteiger partial charge is 0.346 e. The number of carbonyl (C=O) groups excluding carboxylic acids is 4. The molecule has 0 saturated heterocycles. The van der Waals surface area contributed by atoms with Crippen LogP contribution in [0.3, 0.4) is 0 Å². The van der Waals surface area contributed by atoms with Crippen molar-refractivity contribution in [2.75, 3.05) is 28.4 Å². The number of rotatable bonds is 7. The van der Waals surface area contributed by atoms with Gasteiger partial charge in [0.2, 0.25) is 0 Å². The number of methoxy groups -OCH3 is 4. The van der Waals surface area contributed by atoms with Crippen LogP contribution in [0, 0.1) is 0 Å². The predicted molar refractivity (Wildman–Crippen MR) is 127 cm³/mol. The number of hydrogen-bond acceptors (Lipinski definition) is 12. The lowest BCUT2D eigenvalue weighted by Crippen LogP contribution is -2.08. The Bertz CT molecular complexity index is 861. The molecule has 0 unspecified atom stereocenters. The van der Waals surface area contributed by atoms with Crippen LogP contribution >= 0.6 is 47.0 Å². The first kappa shape index (κ1) is 26.0. The number of ether oxygens (including phenoxy) is 4. The molecule has 0 amide bonds. The van der Waals surface area contributed by atoms with Gasteiger partial charge in [0, 0.05) is 0 Å². The molecule has 0 fully saturated rings. The minimum atomic E-state index is -0.598. The van der Waals surface area contributed by atoms with E-state index in [1.54, 1.807) is 36.5 Å². The third kappa shape index (κ3) is 6.61. The molecule has 0 aromatic rings. The Kier molecular flexibility index (Phi) is 10.3. The maximum Gasteiger partial charge on any atom is 0.346 e. The van der Waals surface area contributed by atoms with Crippen molar-refractivity contribution in [3.63, 3.8) is 0 Å². The highest BCUT2D eigenvalue weighted by Crippen LogP contribution is 2.50. The molecule has 8 nitrogen and oxygen atoms in total. The normalized spacial score (nSPS) is 16.1. The van der Waals surface area contributed by atoms with E-state index in [1.807, 2.05) is 0 Å². The first-order chi connectivity index (χ1) is 15.4. The van der Waals surface area contributed by atoms with Crippen molar-refractivity contribution in [3.8, 4) is 0 Å². The first-order valence-electron chi connectivity index (χ1n) is 8.64. The highest BCUT2D eigenvalue weighted by atomic mass is 32.2. The Balaban J connectivity index is 2.00. The zero-order chi connectivity index (χ0) is 23.7. The molecule has 0 radical (unpaired) electrons. The first-order valence-corrected chi connectivity index (χ1v) is 11.9. The number of thioether (sulfide) groups is 4. The SMILES string of the molecule is COC(=O)C1=C(C(=O)OC)SC(=C/C=C/C=C/C=C2SC(C(=O)OC)=C(C(=O)OC)S2)S1. The van der Waals surface area contributed by atoms with Gasteiger partial charge in [-0.3, -0.25) is 0 Å². The molecule has 0 bridgehead atoms. The summed E-state index contributed by atoms with van der Waals surface area (Å²) in [6.07, 6.45) is 10.5. The Morgan fingerprint density at radius 1 is 0.500 bits per heavy atom. The number of allylic oxidation sites excluding steroid dienone is 6. The molecule has 0 aromatic carbocycles. The maximum absolute atomic E-state index is 11.9. The fourth-order valence-corrected chi connectivity index (χ4v) is 6.67. The molecule has 2 aliphatic heterocycles. The van der Waals surface area contributed by atoms with Crippen molar-refractivity contribution in [2.45, 2.75) is 0 Å². The largest absolute Gasteiger partial charge is 0.465 e. The lowest BCUT2D eigenvalue weighted by atomic mass is 10.4. The molecule has 0 aromatic heterocycles. The van der Waals surface area contributed by atoms with E-state index >= 15 is 0 Å². The topological polar surface area (TPSA) is 105 Å². The molecule has 0 atom stereocenters. The van der Waals surface area contributed by atoms with Crippen LogP contribution in [0.1, 0.15) is 0 Å². The lowest BCUT2D eigenvalue weighted by Gasteiger charge is -2.00. The Morgan fingerprint density at radius 3 is 0.969 bits per heavy atom. The summed E-state index contributed by atoms with van der Waals surface area (Å²) in [5, 5.41) is 0. The average molecular weight is 515 g/mol. The number of carbonyl (C=O) groups is 4. The van der Waals surface area contributed by atoms with E-state index in [1.165, 1.54) is 28.4 Å². The summed E-state index contributed by atoms with van der Waals surface area (Å²) in [7, 11) is 4.98. The zero-order valence-electron chi connectivity index (χ0n) is 17.4. The van der Waals surface area contributed by atoms with Crippen molar-refractivity contribution < 1.29 is 38.1 Å². The molecule has 32 heavy (non-hydrogen) atoms. The number of hydrogen-bond donors (Lipinski definition) is 0. The second-order valence-electron chi connectivity index (χ2n) is 5.43. The van der Waals surface area contributed by atoms with E-state index in [4.69, 9.17) is 18.9 Å². The van der Waals surface area contributed by atoms with Crippen LogP contribution in [0.25, 0.3) is 0 Å². The van der Waals surface area contributed by atoms with Gasteiger partial charge >= 0.3 is 23.9 Å². The Hall–Kier alpha value is -2.28. The van der Waals surface area contributed by atoms with Crippen LogP contribution in [-0.4, -0.2) is 52.3 Å². The van der Waals surface area contributed by atoms with E-state index < -0.39 is 23.9 Å². The van der Waals surface area contributed by atoms with Crippen molar-refractivity contribution in [1.82, 2.24) is 0 Å². The van der Waals surface area contributed by atoms with E-state index in [2.05, 4.69) is 0 Å². The quantitative estimate of drug-likeness (QED) is 0.280. The summed E-state index contributed by atoms with van der Waals surface area (Å²) in [6.45, 7) is 0. The van der Waals surface area contributed by atoms with E-state index in [9.17, 15) is 19.2 Å². The van der Waals surface area contributed by atoms with E-state index in [0.29, 0.717) is 8.47 Å². The molecule has 0 spiro atoms. The summed E-state index contributed by atoms with van der Waals surface area (Å²) >= 11 is 4.52. The van der Waals surface area contributed by atoms with Crippen LogP contribution in [0.2, 0.25) is 0 Å². The van der Waals surface area contributed by atoms with Gasteiger partial charge in [-0.15, -0.1) is 0 Å². The van der Waals surface area contributed by atoms with Crippen LogP contribution in [0.4, 0.5) is 0 Å². The summed E-state index contributed by atoms with van der Waals surface area (Å²) in [6, 6.07) is 0. The van der Waals surface area contributed by atoms with Crippen molar-refractivity contribution in [3.05, 3.63) is 64.6 Å². The van der Waals surface area contributed by atoms with Gasteiger partial charge in [-0.05, 0) is 12.2 Å². The fourth-order valence-electron chi connectivity index (χ4n) is 2.07. The molecular weight excluding hydrogens is 496 g/mol. The van der Waals surface area contributed by atoms with Crippen molar-refractivity contribution in [2.24, 2.45) is 0 Å².